The standard InChI is InChI=1S/C20H23N3O6S3/c1-2-29-12-11-23-17-9-8-16(32(21,27)28)14-18(17)30-20(23)22-19(24)10-13-31(25,26)15-6-4-3-5-7-15/h3-9,14H,2,10-13H2,1H3,(H2,21,27,28). The molecule has 9 nitrogen and oxygen atoms in total. The van der Waals surface area contributed by atoms with Gasteiger partial charge < -0.3 is 9.30 Å². The van der Waals surface area contributed by atoms with E-state index in [0.717, 1.165) is 11.3 Å². The quantitative estimate of drug-likeness (QED) is 0.447. The van der Waals surface area contributed by atoms with Crippen LogP contribution in [0, 0.1) is 0 Å². The zero-order valence-corrected chi connectivity index (χ0v) is 19.7. The molecule has 0 aliphatic carbocycles. The van der Waals surface area contributed by atoms with Crippen molar-refractivity contribution in [3.05, 3.63) is 53.3 Å². The average molecular weight is 498 g/mol. The summed E-state index contributed by atoms with van der Waals surface area (Å²) in [6, 6.07) is 12.3. The molecule has 2 aromatic carbocycles. The van der Waals surface area contributed by atoms with E-state index >= 15 is 0 Å². The molecule has 1 heterocycles. The fourth-order valence-electron chi connectivity index (χ4n) is 2.96. The predicted octanol–water partition coefficient (Wildman–Crippen LogP) is 1.68. The molecule has 3 rings (SSSR count). The topological polar surface area (TPSA) is 138 Å². The first-order valence-electron chi connectivity index (χ1n) is 9.71. The van der Waals surface area contributed by atoms with E-state index in [1.807, 2.05) is 6.92 Å². The Labute approximate surface area is 190 Å². The molecule has 0 aliphatic rings. The van der Waals surface area contributed by atoms with Crippen LogP contribution in [-0.2, 0) is 35.9 Å². The molecule has 0 saturated heterocycles. The lowest BCUT2D eigenvalue weighted by Gasteiger charge is -2.06. The number of carbonyl (C=O) groups is 1. The summed E-state index contributed by atoms with van der Waals surface area (Å²) in [5.41, 5.74) is 0.672. The van der Waals surface area contributed by atoms with E-state index in [2.05, 4.69) is 4.99 Å². The molecule has 12 heteroatoms. The van der Waals surface area contributed by atoms with Crippen molar-refractivity contribution >= 4 is 47.3 Å². The highest BCUT2D eigenvalue weighted by Crippen LogP contribution is 2.21. The molecule has 1 aromatic heterocycles. The maximum atomic E-state index is 12.5. The molecular weight excluding hydrogens is 474 g/mol. The van der Waals surface area contributed by atoms with Crippen LogP contribution in [0.3, 0.4) is 0 Å². The third kappa shape index (κ3) is 5.90. The monoisotopic (exact) mass is 497 g/mol. The van der Waals surface area contributed by atoms with Gasteiger partial charge in [-0.15, -0.1) is 0 Å². The Morgan fingerprint density at radius 2 is 1.81 bits per heavy atom. The minimum atomic E-state index is -3.88. The van der Waals surface area contributed by atoms with Gasteiger partial charge in [0, 0.05) is 19.6 Å². The Balaban J connectivity index is 1.92. The number of fused-ring (bicyclic) bond motifs is 1. The fourth-order valence-corrected chi connectivity index (χ4v) is 5.94. The van der Waals surface area contributed by atoms with Gasteiger partial charge in [-0.25, -0.2) is 22.0 Å². The summed E-state index contributed by atoms with van der Waals surface area (Å²) in [6.07, 6.45) is -0.278. The van der Waals surface area contributed by atoms with Crippen molar-refractivity contribution in [2.45, 2.75) is 29.7 Å². The number of rotatable bonds is 9. The third-order valence-corrected chi connectivity index (χ3v) is 8.24. The van der Waals surface area contributed by atoms with Gasteiger partial charge in [-0.1, -0.05) is 29.5 Å². The molecule has 32 heavy (non-hydrogen) atoms. The number of nitrogens with zero attached hydrogens (tertiary/aromatic N) is 2. The number of sulfonamides is 1. The number of primary sulfonamides is 1. The minimum Gasteiger partial charge on any atom is -0.380 e. The van der Waals surface area contributed by atoms with Crippen LogP contribution in [0.2, 0.25) is 0 Å². The summed E-state index contributed by atoms with van der Waals surface area (Å²) in [6.45, 7) is 3.12. The van der Waals surface area contributed by atoms with Crippen LogP contribution >= 0.6 is 11.3 Å². The number of sulfone groups is 1. The first-order chi connectivity index (χ1) is 15.1. The van der Waals surface area contributed by atoms with Crippen molar-refractivity contribution in [1.82, 2.24) is 4.57 Å². The van der Waals surface area contributed by atoms with Gasteiger partial charge in [0.25, 0.3) is 0 Å². The third-order valence-electron chi connectivity index (χ3n) is 4.55. The number of carbonyl (C=O) groups excluding carboxylic acids is 1. The largest absolute Gasteiger partial charge is 0.380 e. The number of aromatic nitrogens is 1. The summed E-state index contributed by atoms with van der Waals surface area (Å²) < 4.78 is 55.9. The Kier molecular flexibility index (Phi) is 7.62. The highest BCUT2D eigenvalue weighted by molar-refractivity contribution is 7.91. The van der Waals surface area contributed by atoms with Crippen molar-refractivity contribution in [3.63, 3.8) is 0 Å². The number of hydrogen-bond donors (Lipinski definition) is 1. The van der Waals surface area contributed by atoms with Crippen molar-refractivity contribution < 1.29 is 26.4 Å². The number of hydrogen-bond acceptors (Lipinski definition) is 7. The van der Waals surface area contributed by atoms with Crippen molar-refractivity contribution in [1.29, 1.82) is 0 Å². The van der Waals surface area contributed by atoms with Gasteiger partial charge in [-0.2, -0.15) is 4.99 Å². The highest BCUT2D eigenvalue weighted by atomic mass is 32.2. The maximum Gasteiger partial charge on any atom is 0.249 e. The molecule has 172 valence electrons. The predicted molar refractivity (Wildman–Crippen MR) is 121 cm³/mol. The lowest BCUT2D eigenvalue weighted by Crippen LogP contribution is -2.20. The van der Waals surface area contributed by atoms with E-state index in [1.54, 1.807) is 28.8 Å². The fraction of sp³-hybridized carbons (Fsp3) is 0.300. The van der Waals surface area contributed by atoms with Gasteiger partial charge >= 0.3 is 0 Å². The Hall–Kier alpha value is -2.38. The molecular formula is C20H23N3O6S3. The molecule has 0 fully saturated rings. The molecule has 0 atom stereocenters. The molecule has 3 aromatic rings. The minimum absolute atomic E-state index is 0.0463. The molecule has 0 aliphatic heterocycles. The number of amides is 1. The summed E-state index contributed by atoms with van der Waals surface area (Å²) in [4.78, 5) is 17.0. The zero-order valence-electron chi connectivity index (χ0n) is 17.3. The second kappa shape index (κ2) is 10.0. The van der Waals surface area contributed by atoms with Crippen molar-refractivity contribution in [2.24, 2.45) is 10.1 Å². The van der Waals surface area contributed by atoms with Crippen molar-refractivity contribution in [2.75, 3.05) is 19.0 Å². The van der Waals surface area contributed by atoms with Crippen LogP contribution in [0.1, 0.15) is 13.3 Å². The van der Waals surface area contributed by atoms with Crippen LogP contribution < -0.4 is 9.94 Å². The number of thiazole rings is 1. The van der Waals surface area contributed by atoms with Crippen LogP contribution in [0.5, 0.6) is 0 Å². The molecule has 2 N–H and O–H groups in total. The summed E-state index contributed by atoms with van der Waals surface area (Å²) in [5.74, 6) is -0.952. The van der Waals surface area contributed by atoms with Gasteiger partial charge in [-0.3, -0.25) is 4.79 Å². The molecule has 0 saturated carbocycles. The zero-order chi connectivity index (χ0) is 23.4. The summed E-state index contributed by atoms with van der Waals surface area (Å²) in [7, 11) is -7.49. The Morgan fingerprint density at radius 3 is 2.47 bits per heavy atom. The van der Waals surface area contributed by atoms with Crippen LogP contribution in [0.25, 0.3) is 10.2 Å². The van der Waals surface area contributed by atoms with Gasteiger partial charge in [0.1, 0.15) is 0 Å². The lowest BCUT2D eigenvalue weighted by molar-refractivity contribution is -0.117. The molecule has 0 bridgehead atoms. The van der Waals surface area contributed by atoms with Crippen LogP contribution in [-0.4, -0.2) is 46.3 Å². The average Bonchev–Trinajstić information content (AvgIpc) is 3.09. The smallest absolute Gasteiger partial charge is 0.249 e. The normalized spacial score (nSPS) is 13.0. The molecule has 0 spiro atoms. The number of nitrogens with two attached hydrogens (primary N) is 1. The van der Waals surface area contributed by atoms with Gasteiger partial charge in [0.05, 0.1) is 32.4 Å². The molecule has 1 amide bonds. The van der Waals surface area contributed by atoms with E-state index in [0.29, 0.717) is 34.8 Å². The first-order valence-corrected chi connectivity index (χ1v) is 13.7. The van der Waals surface area contributed by atoms with Gasteiger partial charge in [0.2, 0.25) is 15.9 Å². The van der Waals surface area contributed by atoms with Gasteiger partial charge in [-0.05, 0) is 37.3 Å². The van der Waals surface area contributed by atoms with E-state index in [-0.39, 0.29) is 22.0 Å². The first kappa shape index (κ1) is 24.3. The van der Waals surface area contributed by atoms with Crippen molar-refractivity contribution in [3.8, 4) is 0 Å². The Morgan fingerprint density at radius 1 is 1.09 bits per heavy atom. The van der Waals surface area contributed by atoms with E-state index in [1.165, 1.54) is 24.3 Å². The van der Waals surface area contributed by atoms with E-state index in [4.69, 9.17) is 9.88 Å². The second-order valence-corrected chi connectivity index (χ2v) is 11.5. The molecule has 0 unspecified atom stereocenters. The molecule has 0 radical (unpaired) electrons. The maximum absolute atomic E-state index is 12.5. The van der Waals surface area contributed by atoms with Crippen LogP contribution in [0.15, 0.2) is 63.3 Å². The number of benzene rings is 2. The second-order valence-electron chi connectivity index (χ2n) is 6.80. The highest BCUT2D eigenvalue weighted by Gasteiger charge is 2.17. The van der Waals surface area contributed by atoms with Gasteiger partial charge in [0.15, 0.2) is 14.6 Å². The van der Waals surface area contributed by atoms with E-state index < -0.39 is 25.8 Å². The lowest BCUT2D eigenvalue weighted by atomic mass is 10.3. The summed E-state index contributed by atoms with van der Waals surface area (Å²) in [5, 5.41) is 5.22. The number of ether oxygens (including phenoxy) is 1. The summed E-state index contributed by atoms with van der Waals surface area (Å²) >= 11 is 1.12. The van der Waals surface area contributed by atoms with Crippen LogP contribution in [0.4, 0.5) is 0 Å². The SMILES string of the molecule is CCOCCn1c(=NC(=O)CCS(=O)(=O)c2ccccc2)sc2cc(S(N)(=O)=O)ccc21. The Bertz CT molecular complexity index is 1390. The van der Waals surface area contributed by atoms with E-state index in [9.17, 15) is 21.6 Å².